The van der Waals surface area contributed by atoms with E-state index in [0.717, 1.165) is 10.6 Å². The number of hydrogen-bond donors (Lipinski definition) is 2. The molecule has 1 aliphatic rings. The van der Waals surface area contributed by atoms with Gasteiger partial charge in [-0.25, -0.2) is 4.90 Å². The zero-order chi connectivity index (χ0) is 26.0. The van der Waals surface area contributed by atoms with E-state index in [-0.39, 0.29) is 22.7 Å². The SMILES string of the molecule is Cc1ccc(Cl)cc1N1C(=O)C(Cl)=C(Nc2ccc(C(=O)Nc3ccc(OC(C)C)cc3)cc2)C1=O. The van der Waals surface area contributed by atoms with Crippen LogP contribution in [0.25, 0.3) is 0 Å². The maximum absolute atomic E-state index is 13.0. The average molecular weight is 524 g/mol. The molecule has 184 valence electrons. The van der Waals surface area contributed by atoms with E-state index in [1.807, 2.05) is 13.8 Å². The highest BCUT2D eigenvalue weighted by atomic mass is 35.5. The van der Waals surface area contributed by atoms with Crippen molar-refractivity contribution in [2.24, 2.45) is 0 Å². The molecule has 3 amide bonds. The van der Waals surface area contributed by atoms with Gasteiger partial charge in [0.2, 0.25) is 0 Å². The number of amides is 3. The lowest BCUT2D eigenvalue weighted by molar-refractivity contribution is -0.120. The summed E-state index contributed by atoms with van der Waals surface area (Å²) < 4.78 is 5.60. The van der Waals surface area contributed by atoms with Crippen LogP contribution in [0.4, 0.5) is 17.1 Å². The quantitative estimate of drug-likeness (QED) is 0.364. The van der Waals surface area contributed by atoms with Gasteiger partial charge in [-0.05, 0) is 87.0 Å². The molecule has 0 saturated carbocycles. The third kappa shape index (κ3) is 5.37. The smallest absolute Gasteiger partial charge is 0.283 e. The van der Waals surface area contributed by atoms with Crippen LogP contribution >= 0.6 is 23.2 Å². The fourth-order valence-corrected chi connectivity index (χ4v) is 3.97. The van der Waals surface area contributed by atoms with Crippen molar-refractivity contribution in [3.63, 3.8) is 0 Å². The Hall–Kier alpha value is -3.81. The number of nitrogens with one attached hydrogen (secondary N) is 2. The van der Waals surface area contributed by atoms with Crippen LogP contribution in [0.2, 0.25) is 5.02 Å². The van der Waals surface area contributed by atoms with Crippen molar-refractivity contribution in [2.75, 3.05) is 15.5 Å². The largest absolute Gasteiger partial charge is 0.491 e. The summed E-state index contributed by atoms with van der Waals surface area (Å²) in [6.45, 7) is 5.65. The molecule has 0 spiro atoms. The molecule has 36 heavy (non-hydrogen) atoms. The van der Waals surface area contributed by atoms with Crippen molar-refractivity contribution in [1.29, 1.82) is 0 Å². The first-order valence-corrected chi connectivity index (χ1v) is 11.9. The lowest BCUT2D eigenvalue weighted by Crippen LogP contribution is -2.32. The first-order chi connectivity index (χ1) is 17.1. The van der Waals surface area contributed by atoms with Crippen LogP contribution in [-0.2, 0) is 9.59 Å². The summed E-state index contributed by atoms with van der Waals surface area (Å²) in [5, 5.41) is 5.88. The number of anilines is 3. The standard InChI is InChI=1S/C27H23Cl2N3O4/c1-15(2)36-21-12-10-20(11-13-21)31-25(33)17-5-8-19(9-6-17)30-24-23(29)26(34)32(27(24)35)22-14-18(28)7-4-16(22)3/h4-15,30H,1-3H3,(H,31,33). The van der Waals surface area contributed by atoms with Gasteiger partial charge in [-0.2, -0.15) is 0 Å². The van der Waals surface area contributed by atoms with E-state index >= 15 is 0 Å². The first-order valence-electron chi connectivity index (χ1n) is 11.1. The van der Waals surface area contributed by atoms with E-state index in [0.29, 0.717) is 33.2 Å². The zero-order valence-electron chi connectivity index (χ0n) is 19.8. The molecule has 0 radical (unpaired) electrons. The molecule has 3 aromatic rings. The van der Waals surface area contributed by atoms with Crippen molar-refractivity contribution < 1.29 is 19.1 Å². The van der Waals surface area contributed by atoms with E-state index in [9.17, 15) is 14.4 Å². The fraction of sp³-hybridized carbons (Fsp3) is 0.148. The molecular weight excluding hydrogens is 501 g/mol. The fourth-order valence-electron chi connectivity index (χ4n) is 3.60. The monoisotopic (exact) mass is 523 g/mol. The Morgan fingerprint density at radius 3 is 2.17 bits per heavy atom. The van der Waals surface area contributed by atoms with Crippen LogP contribution in [0.5, 0.6) is 5.75 Å². The molecule has 0 fully saturated rings. The first kappa shape index (κ1) is 25.3. The Kier molecular flexibility index (Phi) is 7.33. The van der Waals surface area contributed by atoms with Crippen molar-refractivity contribution in [2.45, 2.75) is 26.9 Å². The summed E-state index contributed by atoms with van der Waals surface area (Å²) in [6.07, 6.45) is 0.0601. The van der Waals surface area contributed by atoms with Crippen molar-refractivity contribution in [1.82, 2.24) is 0 Å². The van der Waals surface area contributed by atoms with Gasteiger partial charge in [0.1, 0.15) is 16.5 Å². The van der Waals surface area contributed by atoms with E-state index in [1.54, 1.807) is 67.6 Å². The molecule has 0 atom stereocenters. The average Bonchev–Trinajstić information content (AvgIpc) is 3.05. The van der Waals surface area contributed by atoms with Crippen LogP contribution in [0.1, 0.15) is 29.8 Å². The third-order valence-electron chi connectivity index (χ3n) is 5.34. The molecule has 3 aromatic carbocycles. The predicted molar refractivity (Wildman–Crippen MR) is 142 cm³/mol. The number of ether oxygens (including phenoxy) is 1. The van der Waals surface area contributed by atoms with E-state index in [4.69, 9.17) is 27.9 Å². The van der Waals surface area contributed by atoms with Gasteiger partial charge in [0.25, 0.3) is 17.7 Å². The van der Waals surface area contributed by atoms with Crippen LogP contribution in [0.3, 0.4) is 0 Å². The molecule has 0 saturated heterocycles. The van der Waals surface area contributed by atoms with Gasteiger partial charge in [-0.3, -0.25) is 14.4 Å². The number of imide groups is 1. The van der Waals surface area contributed by atoms with Crippen LogP contribution in [0, 0.1) is 6.92 Å². The minimum atomic E-state index is -0.643. The Labute approximate surface area is 218 Å². The summed E-state index contributed by atoms with van der Waals surface area (Å²) in [6, 6.07) is 18.5. The molecule has 0 aliphatic carbocycles. The number of hydrogen-bond acceptors (Lipinski definition) is 5. The van der Waals surface area contributed by atoms with Crippen molar-refractivity contribution in [3.8, 4) is 5.75 Å². The lowest BCUT2D eigenvalue weighted by Gasteiger charge is -2.17. The molecular formula is C27H23Cl2N3O4. The minimum Gasteiger partial charge on any atom is -0.491 e. The minimum absolute atomic E-state index is 0.0537. The predicted octanol–water partition coefficient (Wildman–Crippen LogP) is 6.12. The number of aryl methyl sites for hydroxylation is 1. The molecule has 0 aromatic heterocycles. The van der Waals surface area contributed by atoms with Crippen molar-refractivity contribution in [3.05, 3.63) is 93.6 Å². The van der Waals surface area contributed by atoms with Gasteiger partial charge in [-0.15, -0.1) is 0 Å². The van der Waals surface area contributed by atoms with Gasteiger partial charge >= 0.3 is 0 Å². The Morgan fingerprint density at radius 1 is 0.889 bits per heavy atom. The number of benzene rings is 3. The summed E-state index contributed by atoms with van der Waals surface area (Å²) in [4.78, 5) is 39.4. The molecule has 2 N–H and O–H groups in total. The molecule has 9 heteroatoms. The maximum atomic E-state index is 13.0. The van der Waals surface area contributed by atoms with Gasteiger partial charge in [0.05, 0.1) is 11.8 Å². The summed E-state index contributed by atoms with van der Waals surface area (Å²) in [5.41, 5.74) is 2.53. The molecule has 4 rings (SSSR count). The molecule has 0 unspecified atom stereocenters. The number of halogens is 2. The number of carbonyl (C=O) groups excluding carboxylic acids is 3. The van der Waals surface area contributed by atoms with Crippen LogP contribution in [0.15, 0.2) is 77.5 Å². The highest BCUT2D eigenvalue weighted by Gasteiger charge is 2.39. The maximum Gasteiger partial charge on any atom is 0.283 e. The lowest BCUT2D eigenvalue weighted by atomic mass is 10.1. The normalized spacial score (nSPS) is 13.4. The van der Waals surface area contributed by atoms with Crippen molar-refractivity contribution >= 4 is 58.0 Å². The number of rotatable bonds is 7. The third-order valence-corrected chi connectivity index (χ3v) is 5.93. The van der Waals surface area contributed by atoms with Crippen LogP contribution < -0.4 is 20.3 Å². The van der Waals surface area contributed by atoms with Gasteiger partial charge in [0, 0.05) is 22.0 Å². The molecule has 1 aliphatic heterocycles. The summed E-state index contributed by atoms with van der Waals surface area (Å²) in [7, 11) is 0. The van der Waals surface area contributed by atoms with E-state index < -0.39 is 11.8 Å². The zero-order valence-corrected chi connectivity index (χ0v) is 21.3. The topological polar surface area (TPSA) is 87.7 Å². The molecule has 1 heterocycles. The highest BCUT2D eigenvalue weighted by molar-refractivity contribution is 6.53. The van der Waals surface area contributed by atoms with Gasteiger partial charge in [0.15, 0.2) is 0 Å². The second-order valence-electron chi connectivity index (χ2n) is 8.41. The number of carbonyl (C=O) groups is 3. The number of nitrogens with zero attached hydrogens (tertiary/aromatic N) is 1. The molecule has 7 nitrogen and oxygen atoms in total. The van der Waals surface area contributed by atoms with Crippen LogP contribution in [-0.4, -0.2) is 23.8 Å². The molecule has 0 bridgehead atoms. The Balaban J connectivity index is 1.44. The van der Waals surface area contributed by atoms with E-state index in [2.05, 4.69) is 10.6 Å². The Morgan fingerprint density at radius 2 is 1.53 bits per heavy atom. The second kappa shape index (κ2) is 10.4. The van der Waals surface area contributed by atoms with Gasteiger partial charge in [-0.1, -0.05) is 29.3 Å². The Bertz CT molecular complexity index is 1370. The van der Waals surface area contributed by atoms with E-state index in [1.165, 1.54) is 6.07 Å². The van der Waals surface area contributed by atoms with Gasteiger partial charge < -0.3 is 15.4 Å². The highest BCUT2D eigenvalue weighted by Crippen LogP contribution is 2.33. The summed E-state index contributed by atoms with van der Waals surface area (Å²) in [5.74, 6) is -0.820. The summed E-state index contributed by atoms with van der Waals surface area (Å²) >= 11 is 12.3. The second-order valence-corrected chi connectivity index (χ2v) is 9.23.